The van der Waals surface area contributed by atoms with E-state index in [2.05, 4.69) is 48.6 Å². The molecule has 0 radical (unpaired) electrons. The zero-order valence-corrected chi connectivity index (χ0v) is 15.1. The Morgan fingerprint density at radius 2 is 2.00 bits per heavy atom. The van der Waals surface area contributed by atoms with Gasteiger partial charge >= 0.3 is 0 Å². The Labute approximate surface area is 150 Å². The van der Waals surface area contributed by atoms with E-state index < -0.39 is 0 Å². The zero-order chi connectivity index (χ0) is 17.2. The summed E-state index contributed by atoms with van der Waals surface area (Å²) >= 11 is 0. The third kappa shape index (κ3) is 3.02. The summed E-state index contributed by atoms with van der Waals surface area (Å²) in [6, 6.07) is 15.4. The van der Waals surface area contributed by atoms with Gasteiger partial charge in [-0.25, -0.2) is 0 Å². The quantitative estimate of drug-likeness (QED) is 0.823. The molecule has 0 amide bonds. The van der Waals surface area contributed by atoms with Gasteiger partial charge in [-0.05, 0) is 43.9 Å². The molecular formula is C22H27NO2. The van der Waals surface area contributed by atoms with Gasteiger partial charge in [0.1, 0.15) is 5.75 Å². The first-order valence-electron chi connectivity index (χ1n) is 9.54. The fourth-order valence-corrected chi connectivity index (χ4v) is 4.27. The van der Waals surface area contributed by atoms with Gasteiger partial charge in [-0.3, -0.25) is 0 Å². The van der Waals surface area contributed by atoms with Crippen molar-refractivity contribution in [2.45, 2.75) is 45.3 Å². The van der Waals surface area contributed by atoms with E-state index in [0.29, 0.717) is 12.5 Å². The number of nitrogens with one attached hydrogen (secondary N) is 1. The van der Waals surface area contributed by atoms with Crippen molar-refractivity contribution in [3.8, 4) is 5.75 Å². The SMILES string of the molecule is CCOc1ccccc1C1Nc2ccc(CC)cc2[C@H]2OCCC[C@@H]12. The molecule has 1 N–H and O–H groups in total. The fraction of sp³-hybridized carbons (Fsp3) is 0.455. The minimum atomic E-state index is 0.177. The molecule has 2 heterocycles. The van der Waals surface area contributed by atoms with Gasteiger partial charge in [0.15, 0.2) is 0 Å². The van der Waals surface area contributed by atoms with E-state index in [1.807, 2.05) is 13.0 Å². The summed E-state index contributed by atoms with van der Waals surface area (Å²) in [6.45, 7) is 5.79. The Morgan fingerprint density at radius 1 is 1.12 bits per heavy atom. The third-order valence-electron chi connectivity index (χ3n) is 5.49. The van der Waals surface area contributed by atoms with Crippen LogP contribution in [0.2, 0.25) is 0 Å². The average Bonchev–Trinajstić information content (AvgIpc) is 2.68. The molecule has 2 aliphatic heterocycles. The van der Waals surface area contributed by atoms with Crippen LogP contribution in [0.5, 0.6) is 5.75 Å². The topological polar surface area (TPSA) is 30.5 Å². The molecule has 0 saturated carbocycles. The highest BCUT2D eigenvalue weighted by molar-refractivity contribution is 5.59. The normalized spacial score (nSPS) is 24.8. The van der Waals surface area contributed by atoms with Crippen LogP contribution in [-0.4, -0.2) is 13.2 Å². The van der Waals surface area contributed by atoms with Crippen molar-refractivity contribution >= 4 is 5.69 Å². The number of fused-ring (bicyclic) bond motifs is 3. The summed E-state index contributed by atoms with van der Waals surface area (Å²) in [6.07, 6.45) is 3.54. The molecule has 132 valence electrons. The van der Waals surface area contributed by atoms with Crippen LogP contribution in [-0.2, 0) is 11.2 Å². The van der Waals surface area contributed by atoms with Crippen LogP contribution in [0.4, 0.5) is 5.69 Å². The lowest BCUT2D eigenvalue weighted by atomic mass is 9.77. The first-order valence-corrected chi connectivity index (χ1v) is 9.54. The largest absolute Gasteiger partial charge is 0.494 e. The standard InChI is InChI=1S/C22H27NO2/c1-3-15-11-12-19-18(14-15)22-17(9-7-13-25-22)21(23-19)16-8-5-6-10-20(16)24-4-2/h5-6,8,10-12,14,17,21-23H,3-4,7,9,13H2,1-2H3/t17-,21?,22-/m0/s1. The lowest BCUT2D eigenvalue weighted by molar-refractivity contribution is -0.0383. The van der Waals surface area contributed by atoms with Crippen LogP contribution in [0.25, 0.3) is 0 Å². The highest BCUT2D eigenvalue weighted by Gasteiger charge is 2.40. The molecule has 25 heavy (non-hydrogen) atoms. The van der Waals surface area contributed by atoms with Gasteiger partial charge in [-0.15, -0.1) is 0 Å². The molecule has 3 atom stereocenters. The van der Waals surface area contributed by atoms with Gasteiger partial charge in [-0.1, -0.05) is 37.3 Å². The Balaban J connectivity index is 1.77. The van der Waals surface area contributed by atoms with Crippen molar-refractivity contribution in [2.24, 2.45) is 5.92 Å². The second-order valence-electron chi connectivity index (χ2n) is 6.97. The Kier molecular flexibility index (Phi) is 4.67. The monoisotopic (exact) mass is 337 g/mol. The summed E-state index contributed by atoms with van der Waals surface area (Å²) in [5, 5.41) is 3.80. The van der Waals surface area contributed by atoms with Gasteiger partial charge < -0.3 is 14.8 Å². The van der Waals surface area contributed by atoms with Crippen LogP contribution < -0.4 is 10.1 Å². The fourth-order valence-electron chi connectivity index (χ4n) is 4.27. The summed E-state index contributed by atoms with van der Waals surface area (Å²) in [5.41, 5.74) is 5.16. The van der Waals surface area contributed by atoms with Crippen LogP contribution in [0.15, 0.2) is 42.5 Å². The first kappa shape index (κ1) is 16.5. The van der Waals surface area contributed by atoms with E-state index in [1.54, 1.807) is 0 Å². The summed E-state index contributed by atoms with van der Waals surface area (Å²) < 4.78 is 12.2. The van der Waals surface area contributed by atoms with Crippen molar-refractivity contribution in [3.05, 3.63) is 59.2 Å². The summed E-state index contributed by atoms with van der Waals surface area (Å²) in [4.78, 5) is 0. The number of para-hydroxylation sites is 1. The van der Waals surface area contributed by atoms with Crippen molar-refractivity contribution in [1.82, 2.24) is 0 Å². The second-order valence-corrected chi connectivity index (χ2v) is 6.97. The predicted molar refractivity (Wildman–Crippen MR) is 101 cm³/mol. The minimum Gasteiger partial charge on any atom is -0.494 e. The Morgan fingerprint density at radius 3 is 2.84 bits per heavy atom. The number of benzene rings is 2. The molecule has 2 aromatic carbocycles. The molecule has 3 nitrogen and oxygen atoms in total. The van der Waals surface area contributed by atoms with E-state index in [0.717, 1.165) is 25.2 Å². The third-order valence-corrected chi connectivity index (χ3v) is 5.49. The van der Waals surface area contributed by atoms with Gasteiger partial charge in [0, 0.05) is 29.3 Å². The zero-order valence-electron chi connectivity index (χ0n) is 15.1. The van der Waals surface area contributed by atoms with Crippen LogP contribution in [0, 0.1) is 5.92 Å². The lowest BCUT2D eigenvalue weighted by Gasteiger charge is -2.43. The molecule has 2 aromatic rings. The van der Waals surface area contributed by atoms with Gasteiger partial charge in [-0.2, -0.15) is 0 Å². The number of anilines is 1. The Hall–Kier alpha value is -2.00. The van der Waals surface area contributed by atoms with E-state index in [4.69, 9.17) is 9.47 Å². The molecule has 0 bridgehead atoms. The second kappa shape index (κ2) is 7.09. The molecule has 1 unspecified atom stereocenters. The number of ether oxygens (including phenoxy) is 2. The molecule has 1 fully saturated rings. The van der Waals surface area contributed by atoms with Crippen molar-refractivity contribution < 1.29 is 9.47 Å². The number of aryl methyl sites for hydroxylation is 1. The molecule has 3 heteroatoms. The summed E-state index contributed by atoms with van der Waals surface area (Å²) in [5.74, 6) is 1.43. The minimum absolute atomic E-state index is 0.177. The van der Waals surface area contributed by atoms with Gasteiger partial charge in [0.2, 0.25) is 0 Å². The number of rotatable bonds is 4. The first-order chi connectivity index (χ1) is 12.3. The van der Waals surface area contributed by atoms with E-state index in [-0.39, 0.29) is 12.1 Å². The van der Waals surface area contributed by atoms with Crippen molar-refractivity contribution in [1.29, 1.82) is 0 Å². The van der Waals surface area contributed by atoms with Crippen molar-refractivity contribution in [3.63, 3.8) is 0 Å². The Bertz CT molecular complexity index is 743. The lowest BCUT2D eigenvalue weighted by Crippen LogP contribution is -2.36. The van der Waals surface area contributed by atoms with E-state index in [9.17, 15) is 0 Å². The molecular weight excluding hydrogens is 310 g/mol. The maximum Gasteiger partial charge on any atom is 0.124 e. The molecule has 0 spiro atoms. The highest BCUT2D eigenvalue weighted by atomic mass is 16.5. The molecule has 4 rings (SSSR count). The molecule has 0 aromatic heterocycles. The number of hydrogen-bond acceptors (Lipinski definition) is 3. The predicted octanol–water partition coefficient (Wildman–Crippen LogP) is 5.28. The van der Waals surface area contributed by atoms with Crippen molar-refractivity contribution in [2.75, 3.05) is 18.5 Å². The molecule has 0 aliphatic carbocycles. The average molecular weight is 337 g/mol. The van der Waals surface area contributed by atoms with Crippen LogP contribution in [0.1, 0.15) is 55.5 Å². The van der Waals surface area contributed by atoms with Gasteiger partial charge in [0.05, 0.1) is 18.8 Å². The summed E-state index contributed by atoms with van der Waals surface area (Å²) in [7, 11) is 0. The van der Waals surface area contributed by atoms with E-state index >= 15 is 0 Å². The number of hydrogen-bond donors (Lipinski definition) is 1. The maximum absolute atomic E-state index is 6.28. The van der Waals surface area contributed by atoms with E-state index in [1.165, 1.54) is 28.8 Å². The van der Waals surface area contributed by atoms with Gasteiger partial charge in [0.25, 0.3) is 0 Å². The molecule has 1 saturated heterocycles. The van der Waals surface area contributed by atoms with Crippen LogP contribution in [0.3, 0.4) is 0 Å². The smallest absolute Gasteiger partial charge is 0.124 e. The highest BCUT2D eigenvalue weighted by Crippen LogP contribution is 2.50. The molecule has 2 aliphatic rings. The maximum atomic E-state index is 6.28. The van der Waals surface area contributed by atoms with Crippen LogP contribution >= 0.6 is 0 Å².